The van der Waals surface area contributed by atoms with E-state index < -0.39 is 0 Å². The molecular weight excluding hydrogens is 198 g/mol. The van der Waals surface area contributed by atoms with Gasteiger partial charge in [0, 0.05) is 23.7 Å². The molecule has 0 aliphatic heterocycles. The van der Waals surface area contributed by atoms with E-state index in [4.69, 9.17) is 0 Å². The molecule has 0 amide bonds. The number of hydrogen-bond acceptors (Lipinski definition) is 4. The highest BCUT2D eigenvalue weighted by Crippen LogP contribution is 2.22. The second kappa shape index (κ2) is 3.71. The van der Waals surface area contributed by atoms with E-state index in [1.54, 1.807) is 11.6 Å². The van der Waals surface area contributed by atoms with E-state index in [0.29, 0.717) is 5.69 Å². The number of nitrogens with zero attached hydrogens (tertiary/aromatic N) is 3. The Kier molecular flexibility index (Phi) is 2.41. The van der Waals surface area contributed by atoms with Gasteiger partial charge in [-0.05, 0) is 6.92 Å². The second-order valence-electron chi connectivity index (χ2n) is 2.78. The van der Waals surface area contributed by atoms with Crippen LogP contribution in [0.3, 0.4) is 0 Å². The largest absolute Gasteiger partial charge is 0.296 e. The maximum absolute atomic E-state index is 10.4. The van der Waals surface area contributed by atoms with Crippen molar-refractivity contribution in [3.63, 3.8) is 0 Å². The van der Waals surface area contributed by atoms with Crippen LogP contribution >= 0.6 is 11.3 Å². The monoisotopic (exact) mass is 207 g/mol. The quantitative estimate of drug-likeness (QED) is 0.721. The molecule has 0 atom stereocenters. The summed E-state index contributed by atoms with van der Waals surface area (Å²) in [5, 5.41) is 6.72. The van der Waals surface area contributed by atoms with Crippen LogP contribution in [0.4, 0.5) is 0 Å². The molecule has 0 N–H and O–H groups in total. The summed E-state index contributed by atoms with van der Waals surface area (Å²) in [7, 11) is 0. The summed E-state index contributed by atoms with van der Waals surface area (Å²) >= 11 is 1.46. The lowest BCUT2D eigenvalue weighted by Gasteiger charge is -1.90. The Bertz CT molecular complexity index is 446. The summed E-state index contributed by atoms with van der Waals surface area (Å²) in [6, 6.07) is 0. The average molecular weight is 207 g/mol. The van der Waals surface area contributed by atoms with E-state index in [0.717, 1.165) is 23.4 Å². The van der Waals surface area contributed by atoms with Crippen molar-refractivity contribution in [3.8, 4) is 10.6 Å². The first-order valence-electron chi connectivity index (χ1n) is 4.27. The molecule has 4 nitrogen and oxygen atoms in total. The first-order chi connectivity index (χ1) is 6.83. The molecule has 0 spiro atoms. The van der Waals surface area contributed by atoms with Crippen molar-refractivity contribution in [2.75, 3.05) is 0 Å². The minimum absolute atomic E-state index is 0.481. The molecule has 0 aromatic carbocycles. The smallest absolute Gasteiger partial charge is 0.169 e. The molecule has 72 valence electrons. The average Bonchev–Trinajstić information content (AvgIpc) is 2.86. The summed E-state index contributed by atoms with van der Waals surface area (Å²) < 4.78 is 1.83. The normalized spacial score (nSPS) is 10.4. The number of carbonyl (C=O) groups excluding carboxylic acids is 1. The van der Waals surface area contributed by atoms with Gasteiger partial charge in [0.25, 0.3) is 0 Å². The molecule has 0 fully saturated rings. The fraction of sp³-hybridized carbons (Fsp3) is 0.222. The zero-order valence-electron chi connectivity index (χ0n) is 7.67. The number of aldehydes is 1. The molecule has 0 aliphatic carbocycles. The van der Waals surface area contributed by atoms with Gasteiger partial charge in [0.2, 0.25) is 0 Å². The molecule has 0 unspecified atom stereocenters. The number of hydrogen-bond donors (Lipinski definition) is 0. The minimum Gasteiger partial charge on any atom is -0.296 e. The molecule has 2 aromatic heterocycles. The first-order valence-corrected chi connectivity index (χ1v) is 5.15. The Hall–Kier alpha value is -1.49. The van der Waals surface area contributed by atoms with Crippen LogP contribution in [0.2, 0.25) is 0 Å². The SMILES string of the molecule is CCn1cc(-c2nc(C=O)cs2)cn1. The van der Waals surface area contributed by atoms with Crippen LogP contribution in [-0.2, 0) is 6.54 Å². The molecule has 14 heavy (non-hydrogen) atoms. The van der Waals surface area contributed by atoms with Crippen molar-refractivity contribution in [3.05, 3.63) is 23.5 Å². The van der Waals surface area contributed by atoms with Gasteiger partial charge in [-0.1, -0.05) is 0 Å². The van der Waals surface area contributed by atoms with Gasteiger partial charge in [-0.25, -0.2) is 4.98 Å². The number of rotatable bonds is 3. The predicted octanol–water partition coefficient (Wildman–Crippen LogP) is 1.84. The third kappa shape index (κ3) is 1.58. The van der Waals surface area contributed by atoms with E-state index in [-0.39, 0.29) is 0 Å². The van der Waals surface area contributed by atoms with Gasteiger partial charge in [-0.15, -0.1) is 11.3 Å². The fourth-order valence-electron chi connectivity index (χ4n) is 1.12. The molecule has 5 heteroatoms. The maximum Gasteiger partial charge on any atom is 0.169 e. The molecule has 2 aromatic rings. The highest BCUT2D eigenvalue weighted by atomic mass is 32.1. The van der Waals surface area contributed by atoms with Gasteiger partial charge in [0.05, 0.1) is 6.20 Å². The molecular formula is C9H9N3OS. The van der Waals surface area contributed by atoms with Gasteiger partial charge in [-0.3, -0.25) is 9.48 Å². The van der Waals surface area contributed by atoms with Crippen LogP contribution in [0.1, 0.15) is 17.4 Å². The number of aryl methyl sites for hydroxylation is 1. The number of aromatic nitrogens is 3. The molecule has 2 rings (SSSR count). The maximum atomic E-state index is 10.4. The van der Waals surface area contributed by atoms with Gasteiger partial charge in [0.15, 0.2) is 6.29 Å². The summed E-state index contributed by atoms with van der Waals surface area (Å²) in [5.74, 6) is 0. The fourth-order valence-corrected chi connectivity index (χ4v) is 1.86. The highest BCUT2D eigenvalue weighted by molar-refractivity contribution is 7.13. The van der Waals surface area contributed by atoms with Crippen LogP contribution in [0.25, 0.3) is 10.6 Å². The summed E-state index contributed by atoms with van der Waals surface area (Å²) in [4.78, 5) is 14.6. The predicted molar refractivity (Wildman–Crippen MR) is 54.4 cm³/mol. The Balaban J connectivity index is 2.33. The standard InChI is InChI=1S/C9H9N3OS/c1-2-12-4-7(3-10-12)9-11-8(5-13)6-14-9/h3-6H,2H2,1H3. The highest BCUT2D eigenvalue weighted by Gasteiger charge is 2.05. The van der Waals surface area contributed by atoms with Crippen molar-refractivity contribution in [2.24, 2.45) is 0 Å². The van der Waals surface area contributed by atoms with Gasteiger partial charge >= 0.3 is 0 Å². The summed E-state index contributed by atoms with van der Waals surface area (Å²) in [6.07, 6.45) is 4.44. The van der Waals surface area contributed by atoms with E-state index in [1.807, 2.05) is 17.8 Å². The molecule has 0 saturated carbocycles. The van der Waals surface area contributed by atoms with Crippen molar-refractivity contribution >= 4 is 17.6 Å². The lowest BCUT2D eigenvalue weighted by Crippen LogP contribution is -1.91. The Labute approximate surface area is 85.2 Å². The van der Waals surface area contributed by atoms with Crippen LogP contribution < -0.4 is 0 Å². The van der Waals surface area contributed by atoms with Crippen molar-refractivity contribution in [2.45, 2.75) is 13.5 Å². The molecule has 0 radical (unpaired) electrons. The van der Waals surface area contributed by atoms with Crippen LogP contribution in [0.5, 0.6) is 0 Å². The van der Waals surface area contributed by atoms with Crippen molar-refractivity contribution in [1.29, 1.82) is 0 Å². The Morgan fingerprint density at radius 2 is 2.50 bits per heavy atom. The summed E-state index contributed by atoms with van der Waals surface area (Å²) in [5.41, 5.74) is 1.44. The Morgan fingerprint density at radius 1 is 1.64 bits per heavy atom. The van der Waals surface area contributed by atoms with E-state index >= 15 is 0 Å². The zero-order valence-corrected chi connectivity index (χ0v) is 8.49. The molecule has 2 heterocycles. The van der Waals surface area contributed by atoms with Crippen LogP contribution in [0, 0.1) is 0 Å². The molecule has 0 aliphatic rings. The van der Waals surface area contributed by atoms with Gasteiger partial charge in [-0.2, -0.15) is 5.10 Å². The third-order valence-electron chi connectivity index (χ3n) is 1.85. The Morgan fingerprint density at radius 3 is 3.07 bits per heavy atom. The van der Waals surface area contributed by atoms with Crippen LogP contribution in [0.15, 0.2) is 17.8 Å². The van der Waals surface area contributed by atoms with Crippen LogP contribution in [-0.4, -0.2) is 21.1 Å². The minimum atomic E-state index is 0.481. The van der Waals surface area contributed by atoms with E-state index in [2.05, 4.69) is 10.1 Å². The van der Waals surface area contributed by atoms with Crippen molar-refractivity contribution in [1.82, 2.24) is 14.8 Å². The third-order valence-corrected chi connectivity index (χ3v) is 2.76. The van der Waals surface area contributed by atoms with Gasteiger partial charge in [0.1, 0.15) is 10.7 Å². The zero-order chi connectivity index (χ0) is 9.97. The second-order valence-corrected chi connectivity index (χ2v) is 3.64. The van der Waals surface area contributed by atoms with E-state index in [9.17, 15) is 4.79 Å². The van der Waals surface area contributed by atoms with E-state index in [1.165, 1.54) is 11.3 Å². The van der Waals surface area contributed by atoms with Gasteiger partial charge < -0.3 is 0 Å². The topological polar surface area (TPSA) is 47.8 Å². The molecule has 0 bridgehead atoms. The lowest BCUT2D eigenvalue weighted by molar-refractivity contribution is 0.111. The number of carbonyl (C=O) groups is 1. The molecule has 0 saturated heterocycles. The first kappa shape index (κ1) is 9.08. The van der Waals surface area contributed by atoms with Crippen molar-refractivity contribution < 1.29 is 4.79 Å². The number of thiazole rings is 1. The summed E-state index contributed by atoms with van der Waals surface area (Å²) in [6.45, 7) is 2.86. The lowest BCUT2D eigenvalue weighted by atomic mass is 10.4.